The maximum Gasteiger partial charge on any atom is 0.274 e. The molecule has 2 aliphatic rings. The van der Waals surface area contributed by atoms with Crippen LogP contribution in [0.4, 0.5) is 5.95 Å². The van der Waals surface area contributed by atoms with Crippen LogP contribution in [0.5, 0.6) is 5.75 Å². The Kier molecular flexibility index (Phi) is 4.55. The van der Waals surface area contributed by atoms with Gasteiger partial charge in [0.2, 0.25) is 5.95 Å². The number of fused-ring (bicyclic) bond motifs is 1. The van der Waals surface area contributed by atoms with E-state index in [9.17, 15) is 4.79 Å². The number of piperazine rings is 1. The number of amides is 1. The van der Waals surface area contributed by atoms with Crippen molar-refractivity contribution < 1.29 is 9.53 Å². The number of carbonyl (C=O) groups excluding carboxylic acids is 1. The molecule has 1 saturated heterocycles. The summed E-state index contributed by atoms with van der Waals surface area (Å²) in [7, 11) is 0. The predicted octanol–water partition coefficient (Wildman–Crippen LogP) is 1.03. The second-order valence-electron chi connectivity index (χ2n) is 7.16. The highest BCUT2D eigenvalue weighted by Gasteiger charge is 2.29. The Balaban J connectivity index is 1.18. The fourth-order valence-corrected chi connectivity index (χ4v) is 3.79. The van der Waals surface area contributed by atoms with Crippen molar-refractivity contribution in [3.05, 3.63) is 60.4 Å². The summed E-state index contributed by atoms with van der Waals surface area (Å²) >= 11 is 0. The van der Waals surface area contributed by atoms with E-state index in [4.69, 9.17) is 4.74 Å². The quantitative estimate of drug-likeness (QED) is 0.656. The van der Waals surface area contributed by atoms with Gasteiger partial charge in [-0.05, 0) is 24.3 Å². The highest BCUT2D eigenvalue weighted by Crippen LogP contribution is 2.22. The summed E-state index contributed by atoms with van der Waals surface area (Å²) in [5.41, 5.74) is 1.53. The van der Waals surface area contributed by atoms with Crippen LogP contribution < -0.4 is 9.64 Å². The van der Waals surface area contributed by atoms with Crippen LogP contribution in [0.3, 0.4) is 0 Å². The van der Waals surface area contributed by atoms with Crippen molar-refractivity contribution >= 4 is 11.9 Å². The normalized spacial score (nSPS) is 18.6. The van der Waals surface area contributed by atoms with Gasteiger partial charge >= 0.3 is 0 Å². The van der Waals surface area contributed by atoms with E-state index in [2.05, 4.69) is 25.0 Å². The number of ether oxygens (including phenoxy) is 1. The molecular formula is C20H21N7O2. The van der Waals surface area contributed by atoms with Crippen molar-refractivity contribution in [1.29, 1.82) is 0 Å². The Labute approximate surface area is 168 Å². The van der Waals surface area contributed by atoms with E-state index in [1.165, 1.54) is 0 Å². The molecule has 5 heterocycles. The van der Waals surface area contributed by atoms with Gasteiger partial charge in [-0.15, -0.1) is 0 Å². The van der Waals surface area contributed by atoms with Gasteiger partial charge in [0, 0.05) is 56.9 Å². The molecule has 9 nitrogen and oxygen atoms in total. The standard InChI is InChI=1S/C20H21N7O2/c28-19(25-7-9-26(10-8-25)20-22-5-2-6-23-20)18-12-15-11-17(14-27(15)24-18)29-16-3-1-4-21-13-16/h1-6,12-13,17H,7-11,14H2/t17-/m0/s1. The lowest BCUT2D eigenvalue weighted by molar-refractivity contribution is 0.0738. The molecule has 0 bridgehead atoms. The third-order valence-electron chi connectivity index (χ3n) is 5.23. The summed E-state index contributed by atoms with van der Waals surface area (Å²) in [6.45, 7) is 3.32. The summed E-state index contributed by atoms with van der Waals surface area (Å²) < 4.78 is 7.83. The lowest BCUT2D eigenvalue weighted by atomic mass is 10.2. The topological polar surface area (TPSA) is 89.3 Å². The molecule has 1 atom stereocenters. The van der Waals surface area contributed by atoms with Crippen molar-refractivity contribution in [3.63, 3.8) is 0 Å². The first-order valence-corrected chi connectivity index (χ1v) is 9.71. The van der Waals surface area contributed by atoms with Crippen molar-refractivity contribution in [1.82, 2.24) is 29.6 Å². The monoisotopic (exact) mass is 391 g/mol. The number of nitrogens with zero attached hydrogens (tertiary/aromatic N) is 7. The van der Waals surface area contributed by atoms with Gasteiger partial charge in [0.05, 0.1) is 12.7 Å². The Morgan fingerprint density at radius 3 is 2.62 bits per heavy atom. The third-order valence-corrected chi connectivity index (χ3v) is 5.23. The maximum atomic E-state index is 12.9. The molecule has 29 heavy (non-hydrogen) atoms. The average molecular weight is 391 g/mol. The fraction of sp³-hybridized carbons (Fsp3) is 0.350. The van der Waals surface area contributed by atoms with Crippen LogP contribution in [0.2, 0.25) is 0 Å². The number of hydrogen-bond donors (Lipinski definition) is 0. The number of carbonyl (C=O) groups is 1. The lowest BCUT2D eigenvalue weighted by Crippen LogP contribution is -2.49. The summed E-state index contributed by atoms with van der Waals surface area (Å²) in [6, 6.07) is 7.43. The number of aromatic nitrogens is 5. The molecule has 1 amide bonds. The molecule has 148 valence electrons. The molecule has 0 unspecified atom stereocenters. The van der Waals surface area contributed by atoms with E-state index >= 15 is 0 Å². The molecule has 0 radical (unpaired) electrons. The number of rotatable bonds is 4. The molecule has 0 saturated carbocycles. The smallest absolute Gasteiger partial charge is 0.274 e. The number of anilines is 1. The third kappa shape index (κ3) is 3.63. The van der Waals surface area contributed by atoms with Crippen molar-refractivity contribution in [2.75, 3.05) is 31.1 Å². The summed E-state index contributed by atoms with van der Waals surface area (Å²) in [5, 5.41) is 4.53. The Morgan fingerprint density at radius 2 is 1.90 bits per heavy atom. The van der Waals surface area contributed by atoms with Gasteiger partial charge in [-0.3, -0.25) is 14.5 Å². The van der Waals surface area contributed by atoms with Gasteiger partial charge in [-0.1, -0.05) is 0 Å². The van der Waals surface area contributed by atoms with E-state index in [-0.39, 0.29) is 12.0 Å². The molecule has 1 fully saturated rings. The highest BCUT2D eigenvalue weighted by molar-refractivity contribution is 5.92. The van der Waals surface area contributed by atoms with Gasteiger partial charge in [0.25, 0.3) is 5.91 Å². The van der Waals surface area contributed by atoms with Crippen LogP contribution in [-0.2, 0) is 13.0 Å². The van der Waals surface area contributed by atoms with Crippen LogP contribution in [0.25, 0.3) is 0 Å². The Morgan fingerprint density at radius 1 is 1.07 bits per heavy atom. The molecule has 5 rings (SSSR count). The lowest BCUT2D eigenvalue weighted by Gasteiger charge is -2.34. The first kappa shape index (κ1) is 17.6. The Bertz CT molecular complexity index is 961. The van der Waals surface area contributed by atoms with Gasteiger partial charge in [-0.2, -0.15) is 5.10 Å². The first-order chi connectivity index (χ1) is 14.3. The van der Waals surface area contributed by atoms with Crippen LogP contribution in [0.1, 0.15) is 16.2 Å². The van der Waals surface area contributed by atoms with Crippen LogP contribution in [0, 0.1) is 0 Å². The zero-order valence-corrected chi connectivity index (χ0v) is 15.9. The Hall–Kier alpha value is -3.49. The van der Waals surface area contributed by atoms with E-state index in [1.54, 1.807) is 30.9 Å². The molecule has 2 aliphatic heterocycles. The molecule has 3 aromatic rings. The minimum absolute atomic E-state index is 0.0141. The molecule has 0 spiro atoms. The van der Waals surface area contributed by atoms with Crippen LogP contribution in [0.15, 0.2) is 49.1 Å². The van der Waals surface area contributed by atoms with Gasteiger partial charge in [0.15, 0.2) is 5.69 Å². The summed E-state index contributed by atoms with van der Waals surface area (Å²) in [6.07, 6.45) is 7.64. The second-order valence-corrected chi connectivity index (χ2v) is 7.16. The molecule has 0 N–H and O–H groups in total. The van der Waals surface area contributed by atoms with Crippen molar-refractivity contribution in [2.24, 2.45) is 0 Å². The van der Waals surface area contributed by atoms with E-state index < -0.39 is 0 Å². The second kappa shape index (κ2) is 7.50. The summed E-state index contributed by atoms with van der Waals surface area (Å²) in [4.78, 5) is 29.5. The molecule has 3 aromatic heterocycles. The van der Waals surface area contributed by atoms with Gasteiger partial charge in [-0.25, -0.2) is 9.97 Å². The minimum Gasteiger partial charge on any atom is -0.486 e. The van der Waals surface area contributed by atoms with E-state index in [1.807, 2.05) is 27.8 Å². The van der Waals surface area contributed by atoms with Crippen molar-refractivity contribution in [3.8, 4) is 5.75 Å². The zero-order chi connectivity index (χ0) is 19.6. The summed E-state index contributed by atoms with van der Waals surface area (Å²) in [5.74, 6) is 1.44. The SMILES string of the molecule is O=C(c1cc2n(n1)C[C@@H](Oc1cccnc1)C2)N1CCN(c2ncccn2)CC1. The number of pyridine rings is 1. The largest absolute Gasteiger partial charge is 0.486 e. The maximum absolute atomic E-state index is 12.9. The molecule has 0 aliphatic carbocycles. The van der Waals surface area contributed by atoms with E-state index in [0.29, 0.717) is 44.4 Å². The predicted molar refractivity (Wildman–Crippen MR) is 105 cm³/mol. The zero-order valence-electron chi connectivity index (χ0n) is 15.9. The highest BCUT2D eigenvalue weighted by atomic mass is 16.5. The van der Waals surface area contributed by atoms with Crippen LogP contribution >= 0.6 is 0 Å². The van der Waals surface area contributed by atoms with Gasteiger partial charge < -0.3 is 14.5 Å². The molecule has 9 heteroatoms. The minimum atomic E-state index is -0.0229. The first-order valence-electron chi connectivity index (χ1n) is 9.71. The average Bonchev–Trinajstić information content (AvgIpc) is 3.33. The van der Waals surface area contributed by atoms with Gasteiger partial charge in [0.1, 0.15) is 11.9 Å². The van der Waals surface area contributed by atoms with Crippen molar-refractivity contribution in [2.45, 2.75) is 19.1 Å². The fourth-order valence-electron chi connectivity index (χ4n) is 3.79. The molecule has 0 aromatic carbocycles. The molecular weight excluding hydrogens is 370 g/mol. The number of hydrogen-bond acceptors (Lipinski definition) is 7. The van der Waals surface area contributed by atoms with E-state index in [0.717, 1.165) is 17.9 Å². The van der Waals surface area contributed by atoms with Crippen LogP contribution in [-0.4, -0.2) is 67.8 Å².